The second-order valence-corrected chi connectivity index (χ2v) is 10.9. The number of hydrogen-bond acceptors (Lipinski definition) is 7. The van der Waals surface area contributed by atoms with Gasteiger partial charge in [-0.2, -0.15) is 0 Å². The van der Waals surface area contributed by atoms with Gasteiger partial charge in [0, 0.05) is 46.9 Å². The average molecular weight is 541 g/mol. The van der Waals surface area contributed by atoms with Crippen LogP contribution >= 0.6 is 11.8 Å². The summed E-state index contributed by atoms with van der Waals surface area (Å²) in [5.41, 5.74) is 3.44. The van der Waals surface area contributed by atoms with E-state index in [0.29, 0.717) is 12.2 Å². The Labute approximate surface area is 230 Å². The van der Waals surface area contributed by atoms with Crippen molar-refractivity contribution >= 4 is 17.7 Å². The number of fused-ring (bicyclic) bond motifs is 3. The van der Waals surface area contributed by atoms with Crippen molar-refractivity contribution in [2.75, 3.05) is 11.7 Å². The molecule has 0 radical (unpaired) electrons. The largest absolute Gasteiger partial charge is 0.454 e. The summed E-state index contributed by atoms with van der Waals surface area (Å²) in [6, 6.07) is 21.0. The number of aromatic nitrogens is 2. The van der Waals surface area contributed by atoms with Crippen LogP contribution in [0.15, 0.2) is 95.0 Å². The highest BCUT2D eigenvalue weighted by molar-refractivity contribution is 7.98. The third-order valence-electron chi connectivity index (χ3n) is 7.14. The lowest BCUT2D eigenvalue weighted by molar-refractivity contribution is -0.0222. The Balaban J connectivity index is 1.55. The van der Waals surface area contributed by atoms with Gasteiger partial charge < -0.3 is 14.7 Å². The summed E-state index contributed by atoms with van der Waals surface area (Å²) in [6.07, 6.45) is 3.20. The van der Waals surface area contributed by atoms with Crippen molar-refractivity contribution in [1.29, 1.82) is 0 Å². The number of amides is 1. The number of aliphatic hydroxyl groups excluding tert-OH is 1. The number of pyridine rings is 2. The van der Waals surface area contributed by atoms with Crippen LogP contribution in [0.2, 0.25) is 0 Å². The molecule has 0 bridgehead atoms. The van der Waals surface area contributed by atoms with Crippen molar-refractivity contribution in [2.45, 2.75) is 42.9 Å². The number of aliphatic hydroxyl groups is 1. The first-order valence-corrected chi connectivity index (χ1v) is 13.8. The normalized spacial score (nSPS) is 17.2. The zero-order valence-corrected chi connectivity index (χ0v) is 22.4. The zero-order chi connectivity index (χ0) is 27.1. The maximum atomic E-state index is 13.9. The fraction of sp³-hybridized carbons (Fsp3) is 0.233. The number of carbonyl (C=O) groups excluding carboxylic acids is 1. The quantitative estimate of drug-likeness (QED) is 0.374. The van der Waals surface area contributed by atoms with E-state index < -0.39 is 11.7 Å². The lowest BCUT2D eigenvalue weighted by Gasteiger charge is -2.45. The average Bonchev–Trinajstić information content (AvgIpc) is 3.12. The molecule has 198 valence electrons. The second kappa shape index (κ2) is 10.2. The standard InChI is InChI=1S/C30H28N4O4S/c1-19(2)32-18-34(26-22-10-4-3-8-21(22)17-39-25-12-6-5-11-23(25)26)33-15-13-24(35)28(27(33)29(32)36)38-30(37)20-9-7-14-31-16-20/h3-16,19,26,30,37H,17-18H2,1-2H3. The number of carbonyl (C=O) groups is 1. The van der Waals surface area contributed by atoms with Gasteiger partial charge in [0.05, 0.1) is 6.04 Å². The molecule has 2 aliphatic heterocycles. The van der Waals surface area contributed by atoms with Gasteiger partial charge in [-0.25, -0.2) is 0 Å². The van der Waals surface area contributed by atoms with E-state index in [2.05, 4.69) is 34.3 Å². The van der Waals surface area contributed by atoms with Gasteiger partial charge in [0.2, 0.25) is 17.5 Å². The molecule has 39 heavy (non-hydrogen) atoms. The lowest BCUT2D eigenvalue weighted by Crippen LogP contribution is -2.57. The monoisotopic (exact) mass is 540 g/mol. The highest BCUT2D eigenvalue weighted by Crippen LogP contribution is 2.43. The predicted molar refractivity (Wildman–Crippen MR) is 149 cm³/mol. The molecule has 8 nitrogen and oxygen atoms in total. The molecule has 0 saturated carbocycles. The van der Waals surface area contributed by atoms with E-state index in [0.717, 1.165) is 21.8 Å². The number of ether oxygens (including phenoxy) is 1. The number of rotatable bonds is 5. The maximum absolute atomic E-state index is 13.9. The Bertz CT molecular complexity index is 1540. The minimum Gasteiger partial charge on any atom is -0.454 e. The highest BCUT2D eigenvalue weighted by Gasteiger charge is 2.40. The van der Waals surface area contributed by atoms with E-state index in [1.54, 1.807) is 45.9 Å². The molecule has 2 atom stereocenters. The second-order valence-electron chi connectivity index (χ2n) is 9.84. The molecule has 6 rings (SSSR count). The molecule has 2 aromatic carbocycles. The maximum Gasteiger partial charge on any atom is 0.278 e. The van der Waals surface area contributed by atoms with Crippen molar-refractivity contribution in [3.63, 3.8) is 0 Å². The molecule has 2 aromatic heterocycles. The lowest BCUT2D eigenvalue weighted by atomic mass is 9.94. The summed E-state index contributed by atoms with van der Waals surface area (Å²) in [5.74, 6) is 0.295. The van der Waals surface area contributed by atoms with Gasteiger partial charge in [0.1, 0.15) is 6.67 Å². The molecular weight excluding hydrogens is 512 g/mol. The van der Waals surface area contributed by atoms with Crippen molar-refractivity contribution in [2.24, 2.45) is 0 Å². The number of nitrogens with zero attached hydrogens (tertiary/aromatic N) is 4. The van der Waals surface area contributed by atoms with Crippen LogP contribution in [0.1, 0.15) is 58.9 Å². The summed E-state index contributed by atoms with van der Waals surface area (Å²) >= 11 is 1.79. The van der Waals surface area contributed by atoms with E-state index >= 15 is 0 Å². The van der Waals surface area contributed by atoms with Gasteiger partial charge in [0.15, 0.2) is 5.69 Å². The first kappa shape index (κ1) is 25.2. The fourth-order valence-corrected chi connectivity index (χ4v) is 6.27. The minimum absolute atomic E-state index is 0.0808. The van der Waals surface area contributed by atoms with Crippen molar-refractivity contribution in [3.05, 3.63) is 123 Å². The third kappa shape index (κ3) is 4.47. The molecule has 1 N–H and O–H groups in total. The van der Waals surface area contributed by atoms with Crippen molar-refractivity contribution in [3.8, 4) is 5.75 Å². The Morgan fingerprint density at radius 3 is 2.54 bits per heavy atom. The van der Waals surface area contributed by atoms with E-state index in [-0.39, 0.29) is 29.4 Å². The van der Waals surface area contributed by atoms with Crippen molar-refractivity contribution < 1.29 is 14.6 Å². The number of hydrogen-bond donors (Lipinski definition) is 1. The van der Waals surface area contributed by atoms with Crippen LogP contribution in [0.25, 0.3) is 0 Å². The molecular formula is C30H28N4O4S. The van der Waals surface area contributed by atoms with Crippen LogP contribution in [-0.4, -0.2) is 38.3 Å². The van der Waals surface area contributed by atoms with E-state index in [9.17, 15) is 14.7 Å². The van der Waals surface area contributed by atoms with Gasteiger partial charge in [-0.15, -0.1) is 11.8 Å². The Morgan fingerprint density at radius 1 is 1.00 bits per heavy atom. The van der Waals surface area contributed by atoms with E-state index in [1.807, 2.05) is 38.1 Å². The smallest absolute Gasteiger partial charge is 0.278 e. The van der Waals surface area contributed by atoms with Crippen molar-refractivity contribution in [1.82, 2.24) is 14.6 Å². The van der Waals surface area contributed by atoms with Crippen LogP contribution in [0.3, 0.4) is 0 Å². The van der Waals surface area contributed by atoms with E-state index in [4.69, 9.17) is 4.74 Å². The van der Waals surface area contributed by atoms with Crippen LogP contribution in [0, 0.1) is 0 Å². The zero-order valence-electron chi connectivity index (χ0n) is 21.6. The topological polar surface area (TPSA) is 87.9 Å². The molecule has 2 aliphatic rings. The summed E-state index contributed by atoms with van der Waals surface area (Å²) < 4.78 is 7.56. The minimum atomic E-state index is -1.47. The van der Waals surface area contributed by atoms with Crippen LogP contribution < -0.4 is 15.2 Å². The van der Waals surface area contributed by atoms with Crippen LogP contribution in [0.5, 0.6) is 5.75 Å². The van der Waals surface area contributed by atoms with Gasteiger partial charge in [-0.3, -0.25) is 24.3 Å². The number of thioether (sulfide) groups is 1. The van der Waals surface area contributed by atoms with Crippen LogP contribution in [0.4, 0.5) is 0 Å². The molecule has 0 aliphatic carbocycles. The van der Waals surface area contributed by atoms with Gasteiger partial charge >= 0.3 is 0 Å². The molecule has 0 fully saturated rings. The summed E-state index contributed by atoms with van der Waals surface area (Å²) in [7, 11) is 0. The first-order chi connectivity index (χ1) is 18.9. The summed E-state index contributed by atoms with van der Waals surface area (Å²) in [4.78, 5) is 34.0. The molecule has 1 amide bonds. The van der Waals surface area contributed by atoms with Gasteiger partial charge in [0.25, 0.3) is 5.91 Å². The molecule has 4 heterocycles. The Morgan fingerprint density at radius 2 is 1.77 bits per heavy atom. The SMILES string of the molecule is CC(C)N1CN(C2c3ccccc3CSc3ccccc32)n2ccc(=O)c(OC(O)c3cccnc3)c2C1=O. The molecule has 4 aromatic rings. The molecule has 0 saturated heterocycles. The van der Waals surface area contributed by atoms with Gasteiger partial charge in [-0.1, -0.05) is 42.5 Å². The molecule has 0 spiro atoms. The van der Waals surface area contributed by atoms with E-state index in [1.165, 1.54) is 17.8 Å². The van der Waals surface area contributed by atoms with Gasteiger partial charge in [-0.05, 0) is 48.7 Å². The number of benzene rings is 2. The molecule has 2 unspecified atom stereocenters. The summed E-state index contributed by atoms with van der Waals surface area (Å²) in [5, 5.41) is 12.9. The third-order valence-corrected chi connectivity index (χ3v) is 8.28. The first-order valence-electron chi connectivity index (χ1n) is 12.8. The Kier molecular flexibility index (Phi) is 6.62. The van der Waals surface area contributed by atoms with Crippen LogP contribution in [-0.2, 0) is 5.75 Å². The predicted octanol–water partition coefficient (Wildman–Crippen LogP) is 4.47. The summed E-state index contributed by atoms with van der Waals surface area (Å²) in [6.45, 7) is 4.19. The Hall–Kier alpha value is -4.08. The highest BCUT2D eigenvalue weighted by atomic mass is 32.2. The molecule has 9 heteroatoms. The fourth-order valence-electron chi connectivity index (χ4n) is 5.18.